The Bertz CT molecular complexity index is 792. The van der Waals surface area contributed by atoms with E-state index < -0.39 is 5.79 Å². The summed E-state index contributed by atoms with van der Waals surface area (Å²) in [5, 5.41) is 0. The molecule has 2 aromatic rings. The van der Waals surface area contributed by atoms with Crippen molar-refractivity contribution in [3.05, 3.63) is 65.5 Å². The smallest absolute Gasteiger partial charge is 0.257 e. The first-order valence-electron chi connectivity index (χ1n) is 9.19. The molecule has 2 aromatic carbocycles. The number of benzene rings is 2. The first kappa shape index (κ1) is 17.9. The zero-order valence-corrected chi connectivity index (χ0v) is 15.0. The molecule has 0 N–H and O–H groups in total. The Morgan fingerprint density at radius 2 is 1.70 bits per heavy atom. The van der Waals surface area contributed by atoms with Crippen LogP contribution in [0.5, 0.6) is 5.75 Å². The zero-order chi connectivity index (χ0) is 18.7. The molecule has 0 radical (unpaired) electrons. The van der Waals surface area contributed by atoms with E-state index in [1.54, 1.807) is 24.3 Å². The molecule has 0 bridgehead atoms. The normalized spacial score (nSPS) is 18.6. The van der Waals surface area contributed by atoms with Crippen molar-refractivity contribution < 1.29 is 23.4 Å². The van der Waals surface area contributed by atoms with Gasteiger partial charge in [0.2, 0.25) is 0 Å². The molecule has 27 heavy (non-hydrogen) atoms. The van der Waals surface area contributed by atoms with Crippen LogP contribution in [0.1, 0.15) is 28.8 Å². The Balaban J connectivity index is 1.42. The summed E-state index contributed by atoms with van der Waals surface area (Å²) >= 11 is 0. The van der Waals surface area contributed by atoms with Crippen LogP contribution in [0.15, 0.2) is 48.5 Å². The fraction of sp³-hybridized carbons (Fsp3) is 0.381. The molecule has 1 spiro atoms. The molecule has 6 heteroatoms. The van der Waals surface area contributed by atoms with Gasteiger partial charge in [0.15, 0.2) is 5.79 Å². The van der Waals surface area contributed by atoms with Gasteiger partial charge in [0.05, 0.1) is 18.8 Å². The maximum absolute atomic E-state index is 13.0. The summed E-state index contributed by atoms with van der Waals surface area (Å²) < 4.78 is 30.3. The predicted octanol–water partition coefficient (Wildman–Crippen LogP) is 3.38. The zero-order valence-electron chi connectivity index (χ0n) is 15.0. The van der Waals surface area contributed by atoms with E-state index in [2.05, 4.69) is 0 Å². The lowest BCUT2D eigenvalue weighted by atomic mass is 10.0. The third kappa shape index (κ3) is 3.96. The van der Waals surface area contributed by atoms with Crippen LogP contribution in [0.3, 0.4) is 0 Å². The van der Waals surface area contributed by atoms with Crippen LogP contribution in [0.2, 0.25) is 0 Å². The summed E-state index contributed by atoms with van der Waals surface area (Å²) in [6.07, 6.45) is 1.36. The van der Waals surface area contributed by atoms with Crippen molar-refractivity contribution in [1.29, 1.82) is 0 Å². The number of hydrogen-bond acceptors (Lipinski definition) is 4. The number of nitrogens with zero attached hydrogens (tertiary/aromatic N) is 1. The van der Waals surface area contributed by atoms with E-state index in [4.69, 9.17) is 14.2 Å². The van der Waals surface area contributed by atoms with E-state index in [-0.39, 0.29) is 18.3 Å². The highest BCUT2D eigenvalue weighted by Crippen LogP contribution is 2.32. The second kappa shape index (κ2) is 7.66. The molecule has 1 amide bonds. The number of para-hydroxylation sites is 1. The highest BCUT2D eigenvalue weighted by atomic mass is 19.1. The van der Waals surface area contributed by atoms with Crippen LogP contribution in [0.25, 0.3) is 0 Å². The second-order valence-electron chi connectivity index (χ2n) is 6.81. The first-order valence-corrected chi connectivity index (χ1v) is 9.19. The molecule has 5 nitrogen and oxygen atoms in total. The number of ether oxygens (including phenoxy) is 3. The maximum Gasteiger partial charge on any atom is 0.257 e. The summed E-state index contributed by atoms with van der Waals surface area (Å²) in [5.41, 5.74) is 1.37. The molecule has 2 aliphatic rings. The van der Waals surface area contributed by atoms with Gasteiger partial charge >= 0.3 is 0 Å². The minimum absolute atomic E-state index is 0.0578. The molecule has 2 aliphatic heterocycles. The lowest BCUT2D eigenvalue weighted by molar-refractivity contribution is -0.181. The Labute approximate surface area is 157 Å². The largest absolute Gasteiger partial charge is 0.488 e. The van der Waals surface area contributed by atoms with Gasteiger partial charge in [-0.05, 0) is 29.8 Å². The average Bonchev–Trinajstić information content (AvgIpc) is 3.16. The van der Waals surface area contributed by atoms with Crippen molar-refractivity contribution in [1.82, 2.24) is 4.90 Å². The molecule has 0 saturated carbocycles. The number of amides is 1. The van der Waals surface area contributed by atoms with Crippen LogP contribution in [0, 0.1) is 5.82 Å². The molecule has 0 unspecified atom stereocenters. The molecule has 2 saturated heterocycles. The highest BCUT2D eigenvalue weighted by molar-refractivity contribution is 5.97. The van der Waals surface area contributed by atoms with E-state index in [0.717, 1.165) is 5.56 Å². The number of hydrogen-bond donors (Lipinski definition) is 0. The van der Waals surface area contributed by atoms with Crippen LogP contribution in [0.4, 0.5) is 4.39 Å². The highest BCUT2D eigenvalue weighted by Gasteiger charge is 2.41. The van der Waals surface area contributed by atoms with Gasteiger partial charge in [0.1, 0.15) is 18.2 Å². The molecule has 4 rings (SSSR count). The Morgan fingerprint density at radius 3 is 2.41 bits per heavy atom. The van der Waals surface area contributed by atoms with Gasteiger partial charge in [-0.1, -0.05) is 24.3 Å². The molecular formula is C21H22FNO4. The Hall–Kier alpha value is -2.44. The average molecular weight is 371 g/mol. The van der Waals surface area contributed by atoms with Crippen molar-refractivity contribution in [2.24, 2.45) is 0 Å². The quantitative estimate of drug-likeness (QED) is 0.827. The fourth-order valence-corrected chi connectivity index (χ4v) is 3.52. The summed E-state index contributed by atoms with van der Waals surface area (Å²) in [6, 6.07) is 13.4. The molecular weight excluding hydrogens is 349 g/mol. The summed E-state index contributed by atoms with van der Waals surface area (Å²) in [4.78, 5) is 14.8. The van der Waals surface area contributed by atoms with Crippen LogP contribution in [-0.2, 0) is 16.1 Å². The first-order chi connectivity index (χ1) is 13.2. The SMILES string of the molecule is O=C(c1ccccc1OCc1ccc(F)cc1)N1CCC2(CC1)OCCO2. The lowest BCUT2D eigenvalue weighted by Gasteiger charge is -2.37. The van der Waals surface area contributed by atoms with E-state index in [9.17, 15) is 9.18 Å². The number of piperidine rings is 1. The summed E-state index contributed by atoms with van der Waals surface area (Å²) in [7, 11) is 0. The maximum atomic E-state index is 13.0. The van der Waals surface area contributed by atoms with Crippen molar-refractivity contribution in [3.8, 4) is 5.75 Å². The molecule has 0 aromatic heterocycles. The molecule has 2 heterocycles. The Kier molecular flexibility index (Phi) is 5.09. The van der Waals surface area contributed by atoms with E-state index in [0.29, 0.717) is 50.5 Å². The molecule has 0 atom stereocenters. The minimum atomic E-state index is -0.505. The number of carbonyl (C=O) groups is 1. The van der Waals surface area contributed by atoms with Crippen LogP contribution >= 0.6 is 0 Å². The van der Waals surface area contributed by atoms with Gasteiger partial charge in [-0.3, -0.25) is 4.79 Å². The number of likely N-dealkylation sites (tertiary alicyclic amines) is 1. The van der Waals surface area contributed by atoms with Crippen molar-refractivity contribution in [3.63, 3.8) is 0 Å². The third-order valence-electron chi connectivity index (χ3n) is 5.05. The fourth-order valence-electron chi connectivity index (χ4n) is 3.52. The van der Waals surface area contributed by atoms with Gasteiger partial charge in [0.25, 0.3) is 5.91 Å². The third-order valence-corrected chi connectivity index (χ3v) is 5.05. The number of rotatable bonds is 4. The van der Waals surface area contributed by atoms with Crippen molar-refractivity contribution >= 4 is 5.91 Å². The molecule has 2 fully saturated rings. The Morgan fingerprint density at radius 1 is 1.04 bits per heavy atom. The van der Waals surface area contributed by atoms with E-state index >= 15 is 0 Å². The minimum Gasteiger partial charge on any atom is -0.488 e. The van der Waals surface area contributed by atoms with E-state index in [1.807, 2.05) is 17.0 Å². The summed E-state index contributed by atoms with van der Waals surface area (Å²) in [5.74, 6) is -0.319. The number of carbonyl (C=O) groups excluding carboxylic acids is 1. The predicted molar refractivity (Wildman–Crippen MR) is 96.9 cm³/mol. The van der Waals surface area contributed by atoms with Crippen LogP contribution in [-0.4, -0.2) is 42.9 Å². The van der Waals surface area contributed by atoms with Gasteiger partial charge < -0.3 is 19.1 Å². The standard InChI is InChI=1S/C21H22FNO4/c22-17-7-5-16(6-8-17)15-25-19-4-2-1-3-18(19)20(24)23-11-9-21(10-12-23)26-13-14-27-21/h1-8H,9-15H2. The van der Waals surface area contributed by atoms with Gasteiger partial charge in [-0.15, -0.1) is 0 Å². The van der Waals surface area contributed by atoms with E-state index in [1.165, 1.54) is 12.1 Å². The second-order valence-corrected chi connectivity index (χ2v) is 6.81. The lowest BCUT2D eigenvalue weighted by Crippen LogP contribution is -2.47. The molecule has 0 aliphatic carbocycles. The van der Waals surface area contributed by atoms with Crippen molar-refractivity contribution in [2.45, 2.75) is 25.2 Å². The topological polar surface area (TPSA) is 48.0 Å². The molecule has 142 valence electrons. The summed E-state index contributed by atoms with van der Waals surface area (Å²) in [6.45, 7) is 2.69. The number of halogens is 1. The monoisotopic (exact) mass is 371 g/mol. The van der Waals surface area contributed by atoms with Gasteiger partial charge in [-0.2, -0.15) is 0 Å². The van der Waals surface area contributed by atoms with Crippen molar-refractivity contribution in [2.75, 3.05) is 26.3 Å². The van der Waals surface area contributed by atoms with Gasteiger partial charge in [0, 0.05) is 25.9 Å². The van der Waals surface area contributed by atoms with Gasteiger partial charge in [-0.25, -0.2) is 4.39 Å². The van der Waals surface area contributed by atoms with Crippen LogP contribution < -0.4 is 4.74 Å².